The van der Waals surface area contributed by atoms with Gasteiger partial charge in [0.25, 0.3) is 0 Å². The summed E-state index contributed by atoms with van der Waals surface area (Å²) in [4.78, 5) is 6.15. The molecule has 0 aliphatic carbocycles. The van der Waals surface area contributed by atoms with Crippen LogP contribution in [0.3, 0.4) is 0 Å². The van der Waals surface area contributed by atoms with Gasteiger partial charge in [0.15, 0.2) is 4.77 Å². The van der Waals surface area contributed by atoms with Crippen molar-refractivity contribution in [3.05, 3.63) is 33.7 Å². The maximum Gasteiger partial charge on any atom is 0.174 e. The minimum absolute atomic E-state index is 0.646. The molecule has 0 fully saturated rings. The lowest BCUT2D eigenvalue weighted by Crippen LogP contribution is -1.96. The third-order valence-electron chi connectivity index (χ3n) is 3.13. The lowest BCUT2D eigenvalue weighted by molar-refractivity contribution is 0.411. The van der Waals surface area contributed by atoms with E-state index < -0.39 is 0 Å². The van der Waals surface area contributed by atoms with E-state index in [9.17, 15) is 0 Å². The van der Waals surface area contributed by atoms with Gasteiger partial charge in [-0.25, -0.2) is 0 Å². The van der Waals surface area contributed by atoms with E-state index in [0.29, 0.717) is 4.77 Å². The fourth-order valence-electron chi connectivity index (χ4n) is 2.14. The van der Waals surface area contributed by atoms with Crippen molar-refractivity contribution < 1.29 is 4.74 Å². The lowest BCUT2D eigenvalue weighted by Gasteiger charge is -2.14. The molecule has 1 aromatic carbocycles. The van der Waals surface area contributed by atoms with Crippen LogP contribution in [0.1, 0.15) is 16.7 Å². The number of rotatable bonds is 2. The second-order valence-corrected chi connectivity index (χ2v) is 4.59. The fraction of sp³-hybridized carbons (Fsp3) is 0.308. The molecule has 0 aliphatic heterocycles. The SMILES string of the molecule is COc1cc(C)c(-c2c[nH]c(=S)[nH]2)c(C)c1C. The van der Waals surface area contributed by atoms with Gasteiger partial charge in [-0.1, -0.05) is 0 Å². The summed E-state index contributed by atoms with van der Waals surface area (Å²) in [6, 6.07) is 2.06. The van der Waals surface area contributed by atoms with E-state index in [1.165, 1.54) is 16.7 Å². The normalized spacial score (nSPS) is 10.6. The molecular formula is C13H16N2OS. The number of aromatic amines is 2. The minimum atomic E-state index is 0.646. The Labute approximate surface area is 106 Å². The van der Waals surface area contributed by atoms with E-state index in [1.54, 1.807) is 7.11 Å². The van der Waals surface area contributed by atoms with Gasteiger partial charge >= 0.3 is 0 Å². The predicted molar refractivity (Wildman–Crippen MR) is 72.2 cm³/mol. The van der Waals surface area contributed by atoms with Crippen LogP contribution in [-0.4, -0.2) is 17.1 Å². The Morgan fingerprint density at radius 1 is 1.18 bits per heavy atom. The van der Waals surface area contributed by atoms with Crippen molar-refractivity contribution in [1.29, 1.82) is 0 Å². The molecule has 17 heavy (non-hydrogen) atoms. The summed E-state index contributed by atoms with van der Waals surface area (Å²) in [6.45, 7) is 6.25. The molecule has 1 heterocycles. The number of methoxy groups -OCH3 is 1. The molecule has 0 bridgehead atoms. The van der Waals surface area contributed by atoms with E-state index in [0.717, 1.165) is 17.0 Å². The monoisotopic (exact) mass is 248 g/mol. The fourth-order valence-corrected chi connectivity index (χ4v) is 2.31. The summed E-state index contributed by atoms with van der Waals surface area (Å²) in [5, 5.41) is 0. The van der Waals surface area contributed by atoms with Crippen molar-refractivity contribution in [2.75, 3.05) is 7.11 Å². The Hall–Kier alpha value is -1.55. The second kappa shape index (κ2) is 4.37. The molecule has 0 atom stereocenters. The predicted octanol–water partition coefficient (Wildman–Crippen LogP) is 3.67. The molecule has 3 nitrogen and oxygen atoms in total. The Bertz CT molecular complexity index is 610. The topological polar surface area (TPSA) is 40.8 Å². The van der Waals surface area contributed by atoms with Gasteiger partial charge in [0, 0.05) is 11.8 Å². The zero-order chi connectivity index (χ0) is 12.6. The molecular weight excluding hydrogens is 232 g/mol. The third-order valence-corrected chi connectivity index (χ3v) is 3.35. The molecule has 0 radical (unpaired) electrons. The van der Waals surface area contributed by atoms with E-state index in [2.05, 4.69) is 36.8 Å². The van der Waals surface area contributed by atoms with Crippen LogP contribution >= 0.6 is 12.2 Å². The Balaban J connectivity index is 2.71. The second-order valence-electron chi connectivity index (χ2n) is 4.18. The highest BCUT2D eigenvalue weighted by Crippen LogP contribution is 2.33. The molecule has 2 aromatic rings. The highest BCUT2D eigenvalue weighted by Gasteiger charge is 2.13. The van der Waals surface area contributed by atoms with Crippen LogP contribution < -0.4 is 4.74 Å². The summed E-state index contributed by atoms with van der Waals surface area (Å²) in [6.07, 6.45) is 1.91. The van der Waals surface area contributed by atoms with E-state index in [-0.39, 0.29) is 0 Å². The van der Waals surface area contributed by atoms with Crippen molar-refractivity contribution in [3.63, 3.8) is 0 Å². The number of H-pyrrole nitrogens is 2. The largest absolute Gasteiger partial charge is 0.496 e. The van der Waals surface area contributed by atoms with Crippen LogP contribution in [0.25, 0.3) is 11.3 Å². The first-order chi connectivity index (χ1) is 8.04. The van der Waals surface area contributed by atoms with E-state index >= 15 is 0 Å². The number of benzene rings is 1. The van der Waals surface area contributed by atoms with E-state index in [1.807, 2.05) is 6.20 Å². The standard InChI is InChI=1S/C13H16N2OS/c1-7-5-11(16-4)8(2)9(3)12(7)10-6-14-13(17)15-10/h5-6H,1-4H3,(H2,14,15,17). The number of ether oxygens (including phenoxy) is 1. The van der Waals surface area contributed by atoms with Crippen LogP contribution in [0.2, 0.25) is 0 Å². The highest BCUT2D eigenvalue weighted by molar-refractivity contribution is 7.71. The van der Waals surface area contributed by atoms with Crippen molar-refractivity contribution in [2.24, 2.45) is 0 Å². The third kappa shape index (κ3) is 2.00. The van der Waals surface area contributed by atoms with Crippen molar-refractivity contribution >= 4 is 12.2 Å². The van der Waals surface area contributed by atoms with Gasteiger partial charge in [-0.05, 0) is 55.7 Å². The maximum atomic E-state index is 5.36. The number of aromatic nitrogens is 2. The van der Waals surface area contributed by atoms with Gasteiger partial charge in [0.1, 0.15) is 5.75 Å². The lowest BCUT2D eigenvalue weighted by atomic mass is 9.95. The molecule has 90 valence electrons. The first-order valence-electron chi connectivity index (χ1n) is 5.47. The summed E-state index contributed by atoms with van der Waals surface area (Å²) < 4.78 is 6.01. The molecule has 4 heteroatoms. The zero-order valence-corrected chi connectivity index (χ0v) is 11.3. The Morgan fingerprint density at radius 2 is 1.88 bits per heavy atom. The van der Waals surface area contributed by atoms with Gasteiger partial charge in [-0.3, -0.25) is 0 Å². The van der Waals surface area contributed by atoms with Crippen molar-refractivity contribution in [1.82, 2.24) is 9.97 Å². The summed E-state index contributed by atoms with van der Waals surface area (Å²) in [5.41, 5.74) is 5.77. The molecule has 0 saturated heterocycles. The van der Waals surface area contributed by atoms with E-state index in [4.69, 9.17) is 17.0 Å². The first kappa shape index (κ1) is 11.9. The van der Waals surface area contributed by atoms with Crippen LogP contribution in [-0.2, 0) is 0 Å². The number of nitrogens with one attached hydrogen (secondary N) is 2. The summed E-state index contributed by atoms with van der Waals surface area (Å²) in [7, 11) is 1.70. The average Bonchev–Trinajstić information content (AvgIpc) is 2.70. The molecule has 2 N–H and O–H groups in total. The van der Waals surface area contributed by atoms with Crippen molar-refractivity contribution in [3.8, 4) is 17.0 Å². The summed E-state index contributed by atoms with van der Waals surface area (Å²) in [5.74, 6) is 0.929. The van der Waals surface area contributed by atoms with Gasteiger partial charge in [0.05, 0.1) is 12.8 Å². The van der Waals surface area contributed by atoms with Gasteiger partial charge in [-0.15, -0.1) is 0 Å². The molecule has 0 aliphatic rings. The van der Waals surface area contributed by atoms with Gasteiger partial charge < -0.3 is 14.7 Å². The molecule has 0 saturated carbocycles. The highest BCUT2D eigenvalue weighted by atomic mass is 32.1. The number of hydrogen-bond donors (Lipinski definition) is 2. The first-order valence-corrected chi connectivity index (χ1v) is 5.88. The number of imidazole rings is 1. The molecule has 0 spiro atoms. The smallest absolute Gasteiger partial charge is 0.174 e. The molecule has 0 amide bonds. The molecule has 1 aromatic heterocycles. The Morgan fingerprint density at radius 3 is 2.41 bits per heavy atom. The van der Waals surface area contributed by atoms with Crippen LogP contribution in [0.4, 0.5) is 0 Å². The minimum Gasteiger partial charge on any atom is -0.496 e. The number of aryl methyl sites for hydroxylation is 1. The molecule has 0 unspecified atom stereocenters. The summed E-state index contributed by atoms with van der Waals surface area (Å²) >= 11 is 5.07. The average molecular weight is 248 g/mol. The zero-order valence-electron chi connectivity index (χ0n) is 10.5. The van der Waals surface area contributed by atoms with Gasteiger partial charge in [0.2, 0.25) is 0 Å². The van der Waals surface area contributed by atoms with Crippen LogP contribution in [0, 0.1) is 25.5 Å². The molecule has 2 rings (SSSR count). The van der Waals surface area contributed by atoms with Crippen LogP contribution in [0.15, 0.2) is 12.3 Å². The quantitative estimate of drug-likeness (QED) is 0.796. The van der Waals surface area contributed by atoms with Crippen molar-refractivity contribution in [2.45, 2.75) is 20.8 Å². The Kier molecular flexibility index (Phi) is 3.07. The van der Waals surface area contributed by atoms with Gasteiger partial charge in [-0.2, -0.15) is 0 Å². The van der Waals surface area contributed by atoms with Crippen LogP contribution in [0.5, 0.6) is 5.75 Å². The number of hydrogen-bond acceptors (Lipinski definition) is 2. The maximum absolute atomic E-state index is 5.36.